The molecule has 7 heteroatoms. The molecule has 0 aromatic heterocycles. The Hall–Kier alpha value is -2.12. The topological polar surface area (TPSA) is 74.7 Å². The van der Waals surface area contributed by atoms with Gasteiger partial charge in [-0.05, 0) is 36.8 Å². The molecule has 2 atom stereocenters. The second-order valence-electron chi connectivity index (χ2n) is 5.85. The maximum atomic E-state index is 12.8. The number of hydrogen-bond donors (Lipinski definition) is 1. The predicted octanol–water partition coefficient (Wildman–Crippen LogP) is 3.26. The van der Waals surface area contributed by atoms with Crippen molar-refractivity contribution >= 4 is 34.4 Å². The molecule has 0 heterocycles. The average molecular weight is 392 g/mol. The number of amides is 1. The van der Waals surface area contributed by atoms with Crippen molar-refractivity contribution in [3.8, 4) is 0 Å². The lowest BCUT2D eigenvalue weighted by molar-refractivity contribution is -0.136. The van der Waals surface area contributed by atoms with Crippen molar-refractivity contribution in [2.75, 3.05) is 13.3 Å². The number of nitrogens with zero attached hydrogens (tertiary/aromatic N) is 1. The molecule has 2 rings (SSSR count). The summed E-state index contributed by atoms with van der Waals surface area (Å²) >= 11 is 1.15. The summed E-state index contributed by atoms with van der Waals surface area (Å²) in [6.07, 6.45) is 1.62. The zero-order valence-corrected chi connectivity index (χ0v) is 16.5. The third-order valence-electron chi connectivity index (χ3n) is 3.79. The highest BCUT2D eigenvalue weighted by Crippen LogP contribution is 2.28. The Kier molecular flexibility index (Phi) is 6.99. The maximum Gasteiger partial charge on any atom is 0.316 e. The summed E-state index contributed by atoms with van der Waals surface area (Å²) in [6, 6.07) is 14.3. The van der Waals surface area contributed by atoms with Crippen LogP contribution in [-0.2, 0) is 22.1 Å². The molecule has 0 radical (unpaired) electrons. The number of carboxylic acids is 1. The van der Waals surface area contributed by atoms with Gasteiger partial charge in [0, 0.05) is 40.4 Å². The summed E-state index contributed by atoms with van der Waals surface area (Å²) in [6.45, 7) is 2.00. The van der Waals surface area contributed by atoms with Gasteiger partial charge in [0.25, 0.3) is 5.91 Å². The molecule has 0 bridgehead atoms. The van der Waals surface area contributed by atoms with E-state index in [2.05, 4.69) is 0 Å². The number of thioether (sulfide) groups is 1. The molecule has 0 spiro atoms. The molecule has 0 saturated carbocycles. The van der Waals surface area contributed by atoms with Crippen molar-refractivity contribution in [3.05, 3.63) is 59.7 Å². The third-order valence-corrected chi connectivity index (χ3v) is 5.89. The van der Waals surface area contributed by atoms with Crippen LogP contribution in [0.15, 0.2) is 58.3 Å². The molecule has 138 valence electrons. The summed E-state index contributed by atoms with van der Waals surface area (Å²) in [7, 11) is 0.672. The Labute approximate surface area is 159 Å². The van der Waals surface area contributed by atoms with Crippen LogP contribution in [0.3, 0.4) is 0 Å². The quantitative estimate of drug-likeness (QED) is 0.733. The van der Waals surface area contributed by atoms with Gasteiger partial charge >= 0.3 is 5.97 Å². The van der Waals surface area contributed by atoms with Crippen LogP contribution < -0.4 is 0 Å². The van der Waals surface area contributed by atoms with Crippen molar-refractivity contribution in [3.63, 3.8) is 0 Å². The van der Waals surface area contributed by atoms with Gasteiger partial charge in [0.1, 0.15) is 5.25 Å². The molecule has 1 amide bonds. The number of aliphatic carboxylic acids is 1. The highest BCUT2D eigenvalue weighted by Gasteiger charge is 2.20. The zero-order valence-electron chi connectivity index (χ0n) is 14.8. The fraction of sp³-hybridized carbons (Fsp3) is 0.263. The largest absolute Gasteiger partial charge is 0.480 e. The van der Waals surface area contributed by atoms with E-state index in [4.69, 9.17) is 5.11 Å². The van der Waals surface area contributed by atoms with E-state index in [9.17, 15) is 13.8 Å². The highest BCUT2D eigenvalue weighted by molar-refractivity contribution is 8.00. The van der Waals surface area contributed by atoms with E-state index in [1.54, 1.807) is 61.5 Å². The molecule has 0 fully saturated rings. The van der Waals surface area contributed by atoms with Gasteiger partial charge in [-0.3, -0.25) is 13.8 Å². The molecule has 0 saturated heterocycles. The summed E-state index contributed by atoms with van der Waals surface area (Å²) in [4.78, 5) is 26.9. The molecule has 1 N–H and O–H groups in total. The first-order chi connectivity index (χ1) is 12.3. The van der Waals surface area contributed by atoms with E-state index in [0.717, 1.165) is 22.2 Å². The minimum atomic E-state index is -1.03. The highest BCUT2D eigenvalue weighted by atomic mass is 32.2. The second kappa shape index (κ2) is 9.00. The molecular weight excluding hydrogens is 370 g/mol. The first-order valence-corrected chi connectivity index (χ1v) is 10.4. The predicted molar refractivity (Wildman–Crippen MR) is 104 cm³/mol. The summed E-state index contributed by atoms with van der Waals surface area (Å²) in [5.74, 6) is -1.09. The Morgan fingerprint density at radius 2 is 1.77 bits per heavy atom. The molecule has 0 aliphatic carbocycles. The van der Waals surface area contributed by atoms with Gasteiger partial charge < -0.3 is 10.0 Å². The molecular formula is C19H21NO4S2. The van der Waals surface area contributed by atoms with Gasteiger partial charge in [-0.15, -0.1) is 11.8 Å². The molecule has 2 unspecified atom stereocenters. The molecule has 0 aliphatic rings. The molecule has 26 heavy (non-hydrogen) atoms. The van der Waals surface area contributed by atoms with Crippen LogP contribution in [0.4, 0.5) is 0 Å². The van der Waals surface area contributed by atoms with Gasteiger partial charge in [0.05, 0.1) is 5.56 Å². The minimum Gasteiger partial charge on any atom is -0.480 e. The van der Waals surface area contributed by atoms with Crippen molar-refractivity contribution in [2.45, 2.75) is 28.5 Å². The Morgan fingerprint density at radius 3 is 2.35 bits per heavy atom. The first kappa shape index (κ1) is 20.2. The van der Waals surface area contributed by atoms with Crippen LogP contribution >= 0.6 is 11.8 Å². The summed E-state index contributed by atoms with van der Waals surface area (Å²) < 4.78 is 11.4. The molecule has 0 aliphatic heterocycles. The number of hydrogen-bond acceptors (Lipinski definition) is 4. The smallest absolute Gasteiger partial charge is 0.316 e. The number of benzene rings is 2. The van der Waals surface area contributed by atoms with Crippen LogP contribution in [0, 0.1) is 0 Å². The van der Waals surface area contributed by atoms with E-state index in [-0.39, 0.29) is 5.91 Å². The van der Waals surface area contributed by atoms with E-state index in [1.807, 2.05) is 12.1 Å². The Balaban J connectivity index is 2.15. The Morgan fingerprint density at radius 1 is 1.15 bits per heavy atom. The van der Waals surface area contributed by atoms with Crippen LogP contribution in [0.2, 0.25) is 0 Å². The van der Waals surface area contributed by atoms with Gasteiger partial charge in [0.15, 0.2) is 0 Å². The second-order valence-corrected chi connectivity index (χ2v) is 8.62. The van der Waals surface area contributed by atoms with Crippen LogP contribution in [0.1, 0.15) is 22.8 Å². The first-order valence-electron chi connectivity index (χ1n) is 7.96. The third kappa shape index (κ3) is 5.19. The SMILES string of the molecule is CC(Sc1ccccc1C(=O)N(C)Cc1ccc(S(C)=O)cc1)C(=O)O. The molecule has 5 nitrogen and oxygen atoms in total. The standard InChI is InChI=1S/C19H21NO4S2/c1-13(19(22)23)25-17-7-5-4-6-16(17)18(21)20(2)12-14-8-10-15(11-9-14)26(3)24/h4-11,13H,12H2,1-3H3,(H,22,23). The van der Waals surface area contributed by atoms with Gasteiger partial charge in [-0.25, -0.2) is 0 Å². The fourth-order valence-electron chi connectivity index (χ4n) is 2.32. The van der Waals surface area contributed by atoms with Gasteiger partial charge in [-0.1, -0.05) is 24.3 Å². The summed E-state index contributed by atoms with van der Waals surface area (Å²) in [5, 5.41) is 8.46. The van der Waals surface area contributed by atoms with Crippen LogP contribution in [0.5, 0.6) is 0 Å². The number of carbonyl (C=O) groups is 2. The van der Waals surface area contributed by atoms with Crippen molar-refractivity contribution in [2.24, 2.45) is 0 Å². The Bertz CT molecular complexity index is 821. The van der Waals surface area contributed by atoms with Crippen molar-refractivity contribution < 1.29 is 18.9 Å². The average Bonchev–Trinajstić information content (AvgIpc) is 2.61. The summed E-state index contributed by atoms with van der Waals surface area (Å²) in [5.41, 5.74) is 1.42. The molecule has 2 aromatic carbocycles. The van der Waals surface area contributed by atoms with Gasteiger partial charge in [-0.2, -0.15) is 0 Å². The normalized spacial score (nSPS) is 13.0. The lowest BCUT2D eigenvalue weighted by Gasteiger charge is -2.19. The van der Waals surface area contributed by atoms with E-state index in [1.165, 1.54) is 0 Å². The van der Waals surface area contributed by atoms with Crippen LogP contribution in [-0.4, -0.2) is 44.6 Å². The van der Waals surface area contributed by atoms with Crippen molar-refractivity contribution in [1.29, 1.82) is 0 Å². The van der Waals surface area contributed by atoms with Crippen LogP contribution in [0.25, 0.3) is 0 Å². The monoisotopic (exact) mass is 391 g/mol. The number of carbonyl (C=O) groups excluding carboxylic acids is 1. The molecule has 2 aromatic rings. The fourth-order valence-corrected chi connectivity index (χ4v) is 3.77. The van der Waals surface area contributed by atoms with E-state index >= 15 is 0 Å². The van der Waals surface area contributed by atoms with E-state index < -0.39 is 22.0 Å². The number of carboxylic acid groups (broad SMARTS) is 1. The minimum absolute atomic E-state index is 0.172. The lowest BCUT2D eigenvalue weighted by atomic mass is 10.1. The van der Waals surface area contributed by atoms with E-state index in [0.29, 0.717) is 17.0 Å². The van der Waals surface area contributed by atoms with Gasteiger partial charge in [0.2, 0.25) is 0 Å². The lowest BCUT2D eigenvalue weighted by Crippen LogP contribution is -2.27. The number of rotatable bonds is 7. The van der Waals surface area contributed by atoms with Crippen molar-refractivity contribution in [1.82, 2.24) is 4.90 Å². The maximum absolute atomic E-state index is 12.8. The zero-order chi connectivity index (χ0) is 19.3.